The Morgan fingerprint density at radius 1 is 0.952 bits per heavy atom. The van der Waals surface area contributed by atoms with Gasteiger partial charge in [-0.05, 0) is 36.4 Å². The molecule has 3 nitrogen and oxygen atoms in total. The van der Waals surface area contributed by atoms with Crippen LogP contribution in [0.4, 0.5) is 8.78 Å². The fourth-order valence-corrected chi connectivity index (χ4v) is 2.16. The van der Waals surface area contributed by atoms with Gasteiger partial charge < -0.3 is 10.0 Å². The van der Waals surface area contributed by atoms with E-state index in [9.17, 15) is 8.78 Å². The number of rotatable bonds is 5. The van der Waals surface area contributed by atoms with Crippen molar-refractivity contribution in [2.24, 2.45) is 0 Å². The predicted octanol–water partition coefficient (Wildman–Crippen LogP) is 1.28. The third kappa shape index (κ3) is 4.36. The van der Waals surface area contributed by atoms with Gasteiger partial charge in [0.25, 0.3) is 0 Å². The second-order valence-electron chi connectivity index (χ2n) is 5.03. The van der Waals surface area contributed by atoms with Crippen molar-refractivity contribution in [2.45, 2.75) is 13.1 Å². The maximum Gasteiger partial charge on any atom is 0.491 e. The van der Waals surface area contributed by atoms with Crippen molar-refractivity contribution in [1.29, 1.82) is 0 Å². The lowest BCUT2D eigenvalue weighted by atomic mass is 9.79. The van der Waals surface area contributed by atoms with Gasteiger partial charge in [0.2, 0.25) is 0 Å². The smallest absolute Gasteiger partial charge is 0.423 e. The normalized spacial score (nSPS) is 11.0. The number of hydrogen-bond donors (Lipinski definition) is 2. The van der Waals surface area contributed by atoms with Crippen molar-refractivity contribution in [3.05, 3.63) is 65.2 Å². The Labute approximate surface area is 122 Å². The summed E-state index contributed by atoms with van der Waals surface area (Å²) >= 11 is 0. The zero-order valence-corrected chi connectivity index (χ0v) is 11.6. The first-order valence-corrected chi connectivity index (χ1v) is 6.53. The van der Waals surface area contributed by atoms with Gasteiger partial charge in [0.1, 0.15) is 11.6 Å². The molecule has 0 radical (unpaired) electrons. The van der Waals surface area contributed by atoms with Crippen LogP contribution in [0.3, 0.4) is 0 Å². The average molecular weight is 291 g/mol. The van der Waals surface area contributed by atoms with Crippen molar-refractivity contribution in [3.63, 3.8) is 0 Å². The van der Waals surface area contributed by atoms with E-state index in [0.717, 1.165) is 11.1 Å². The molecule has 0 bridgehead atoms. The Kier molecular flexibility index (Phi) is 5.06. The van der Waals surface area contributed by atoms with Crippen LogP contribution >= 0.6 is 0 Å². The van der Waals surface area contributed by atoms with Gasteiger partial charge in [-0.2, -0.15) is 0 Å². The summed E-state index contributed by atoms with van der Waals surface area (Å²) in [5.41, 5.74) is 1.59. The average Bonchev–Trinajstić information content (AvgIpc) is 2.43. The maximum atomic E-state index is 13.4. The molecule has 0 aliphatic carbocycles. The van der Waals surface area contributed by atoms with Crippen LogP contribution in [0.1, 0.15) is 11.1 Å². The van der Waals surface area contributed by atoms with Gasteiger partial charge in [-0.25, -0.2) is 8.78 Å². The molecule has 0 saturated carbocycles. The molecule has 0 fully saturated rings. The number of nitrogens with zero attached hydrogens (tertiary/aromatic N) is 1. The first kappa shape index (κ1) is 15.6. The SMILES string of the molecule is CN(Cc1ccc(F)cc1)Cc1ccc(F)c(B(O)O)c1. The van der Waals surface area contributed by atoms with E-state index in [1.165, 1.54) is 24.3 Å². The lowest BCUT2D eigenvalue weighted by Gasteiger charge is -2.17. The molecule has 0 aromatic heterocycles. The first-order chi connectivity index (χ1) is 9.95. The molecular weight excluding hydrogens is 275 g/mol. The summed E-state index contributed by atoms with van der Waals surface area (Å²) in [5, 5.41) is 18.2. The van der Waals surface area contributed by atoms with Crippen LogP contribution in [0, 0.1) is 11.6 Å². The summed E-state index contributed by atoms with van der Waals surface area (Å²) in [7, 11) is 0.0502. The Morgan fingerprint density at radius 2 is 1.52 bits per heavy atom. The molecule has 6 heteroatoms. The van der Waals surface area contributed by atoms with Crippen molar-refractivity contribution >= 4 is 12.6 Å². The number of halogens is 2. The van der Waals surface area contributed by atoms with Gasteiger partial charge in [-0.15, -0.1) is 0 Å². The van der Waals surface area contributed by atoms with Crippen LogP contribution < -0.4 is 5.46 Å². The summed E-state index contributed by atoms with van der Waals surface area (Å²) in [4.78, 5) is 1.97. The van der Waals surface area contributed by atoms with Gasteiger partial charge >= 0.3 is 7.12 Å². The monoisotopic (exact) mass is 291 g/mol. The highest BCUT2D eigenvalue weighted by atomic mass is 19.1. The summed E-state index contributed by atoms with van der Waals surface area (Å²) in [5.74, 6) is -0.920. The molecule has 0 heterocycles. The third-order valence-electron chi connectivity index (χ3n) is 3.16. The van der Waals surface area contributed by atoms with Crippen molar-refractivity contribution < 1.29 is 18.8 Å². The van der Waals surface area contributed by atoms with E-state index >= 15 is 0 Å². The van der Waals surface area contributed by atoms with Crippen LogP contribution in [-0.4, -0.2) is 29.1 Å². The van der Waals surface area contributed by atoms with Crippen LogP contribution in [0.2, 0.25) is 0 Å². The Balaban J connectivity index is 2.04. The molecule has 110 valence electrons. The molecule has 21 heavy (non-hydrogen) atoms. The van der Waals surface area contributed by atoms with Gasteiger partial charge in [-0.3, -0.25) is 4.90 Å². The minimum absolute atomic E-state index is 0.136. The maximum absolute atomic E-state index is 13.4. The molecule has 0 saturated heterocycles. The highest BCUT2D eigenvalue weighted by molar-refractivity contribution is 6.58. The van der Waals surface area contributed by atoms with Gasteiger partial charge in [-0.1, -0.05) is 24.3 Å². The molecule has 2 rings (SSSR count). The zero-order valence-electron chi connectivity index (χ0n) is 11.6. The standard InChI is InChI=1S/C15H16BF2NO2/c1-19(9-11-2-5-13(17)6-3-11)10-12-4-7-15(18)14(8-12)16(20)21/h2-8,20-21H,9-10H2,1H3. The Morgan fingerprint density at radius 3 is 2.14 bits per heavy atom. The molecule has 0 unspecified atom stereocenters. The zero-order chi connectivity index (χ0) is 15.4. The largest absolute Gasteiger partial charge is 0.491 e. The molecule has 0 amide bonds. The van der Waals surface area contributed by atoms with Crippen molar-refractivity contribution in [3.8, 4) is 0 Å². The minimum atomic E-state index is -1.83. The molecule has 0 aliphatic heterocycles. The van der Waals surface area contributed by atoms with Crippen molar-refractivity contribution in [1.82, 2.24) is 4.90 Å². The van der Waals surface area contributed by atoms with Crippen LogP contribution in [0.15, 0.2) is 42.5 Å². The number of benzene rings is 2. The lowest BCUT2D eigenvalue weighted by Crippen LogP contribution is -2.33. The minimum Gasteiger partial charge on any atom is -0.423 e. The molecule has 0 spiro atoms. The van der Waals surface area contributed by atoms with E-state index in [1.54, 1.807) is 18.2 Å². The predicted molar refractivity (Wildman–Crippen MR) is 77.8 cm³/mol. The molecule has 2 aromatic rings. The van der Waals surface area contributed by atoms with E-state index in [2.05, 4.69) is 0 Å². The fraction of sp³-hybridized carbons (Fsp3) is 0.200. The molecule has 2 N–H and O–H groups in total. The molecular formula is C15H16BF2NO2. The van der Waals surface area contributed by atoms with Crippen LogP contribution in [-0.2, 0) is 13.1 Å². The topological polar surface area (TPSA) is 43.7 Å². The summed E-state index contributed by atoms with van der Waals surface area (Å²) in [6, 6.07) is 10.5. The van der Waals surface area contributed by atoms with E-state index in [0.29, 0.717) is 13.1 Å². The summed E-state index contributed by atoms with van der Waals surface area (Å²) in [6.07, 6.45) is 0. The van der Waals surface area contributed by atoms with Gasteiger partial charge in [0.15, 0.2) is 0 Å². The van der Waals surface area contributed by atoms with Gasteiger partial charge in [0, 0.05) is 18.6 Å². The van der Waals surface area contributed by atoms with Crippen LogP contribution in [0.5, 0.6) is 0 Å². The second-order valence-corrected chi connectivity index (χ2v) is 5.03. The molecule has 2 aromatic carbocycles. The van der Waals surface area contributed by atoms with E-state index < -0.39 is 12.9 Å². The van der Waals surface area contributed by atoms with Crippen molar-refractivity contribution in [2.75, 3.05) is 7.05 Å². The molecule has 0 atom stereocenters. The number of hydrogen-bond acceptors (Lipinski definition) is 3. The van der Waals surface area contributed by atoms with Gasteiger partial charge in [0.05, 0.1) is 0 Å². The van der Waals surface area contributed by atoms with E-state index in [4.69, 9.17) is 10.0 Å². The van der Waals surface area contributed by atoms with E-state index in [1.807, 2.05) is 11.9 Å². The second kappa shape index (κ2) is 6.80. The Hall–Kier alpha value is -1.76. The highest BCUT2D eigenvalue weighted by Crippen LogP contribution is 2.09. The van der Waals surface area contributed by atoms with E-state index in [-0.39, 0.29) is 11.3 Å². The first-order valence-electron chi connectivity index (χ1n) is 6.53. The highest BCUT2D eigenvalue weighted by Gasteiger charge is 2.17. The summed E-state index contributed by atoms with van der Waals surface area (Å²) < 4.78 is 26.2. The van der Waals surface area contributed by atoms with Crippen LogP contribution in [0.25, 0.3) is 0 Å². The Bertz CT molecular complexity index is 605. The quantitative estimate of drug-likeness (QED) is 0.816. The third-order valence-corrected chi connectivity index (χ3v) is 3.16. The molecule has 0 aliphatic rings. The fourth-order valence-electron chi connectivity index (χ4n) is 2.16. The summed E-state index contributed by atoms with van der Waals surface area (Å²) in [6.45, 7) is 1.12. The lowest BCUT2D eigenvalue weighted by molar-refractivity contribution is 0.319.